The van der Waals surface area contributed by atoms with Gasteiger partial charge in [0.2, 0.25) is 5.91 Å². The fourth-order valence-electron chi connectivity index (χ4n) is 2.16. The Hall–Kier alpha value is -2.27. The van der Waals surface area contributed by atoms with E-state index in [1.54, 1.807) is 0 Å². The quantitative estimate of drug-likeness (QED) is 0.919. The number of carbonyl (C=O) groups excluding carboxylic acids is 1. The SMILES string of the molecule is Cc1ccccc1CN(C)CC(=O)Nc1ccc(F)cc1F. The number of halogens is 2. The highest BCUT2D eigenvalue weighted by atomic mass is 19.1. The fourth-order valence-corrected chi connectivity index (χ4v) is 2.16. The van der Waals surface area contributed by atoms with E-state index >= 15 is 0 Å². The Morgan fingerprint density at radius 3 is 2.59 bits per heavy atom. The molecule has 0 saturated carbocycles. The number of nitrogens with one attached hydrogen (secondary N) is 1. The van der Waals surface area contributed by atoms with Crippen LogP contribution in [0.1, 0.15) is 11.1 Å². The molecule has 1 amide bonds. The smallest absolute Gasteiger partial charge is 0.238 e. The Labute approximate surface area is 128 Å². The summed E-state index contributed by atoms with van der Waals surface area (Å²) in [5.41, 5.74) is 2.26. The summed E-state index contributed by atoms with van der Waals surface area (Å²) < 4.78 is 26.3. The molecule has 0 aliphatic carbocycles. The van der Waals surface area contributed by atoms with Crippen LogP contribution in [0.2, 0.25) is 0 Å². The average Bonchev–Trinajstić information content (AvgIpc) is 2.44. The van der Waals surface area contributed by atoms with E-state index in [4.69, 9.17) is 0 Å². The van der Waals surface area contributed by atoms with Gasteiger partial charge in [-0.2, -0.15) is 0 Å². The third-order valence-corrected chi connectivity index (χ3v) is 3.32. The largest absolute Gasteiger partial charge is 0.322 e. The summed E-state index contributed by atoms with van der Waals surface area (Å²) in [6, 6.07) is 11.0. The van der Waals surface area contributed by atoms with Crippen LogP contribution in [0.15, 0.2) is 42.5 Å². The average molecular weight is 304 g/mol. The zero-order chi connectivity index (χ0) is 16.1. The summed E-state index contributed by atoms with van der Waals surface area (Å²) in [6.07, 6.45) is 0. The maximum atomic E-state index is 13.5. The van der Waals surface area contributed by atoms with E-state index in [1.807, 2.05) is 43.1 Å². The lowest BCUT2D eigenvalue weighted by molar-refractivity contribution is -0.117. The molecule has 2 rings (SSSR count). The molecule has 0 radical (unpaired) electrons. The highest BCUT2D eigenvalue weighted by Crippen LogP contribution is 2.15. The Morgan fingerprint density at radius 1 is 1.18 bits per heavy atom. The number of carbonyl (C=O) groups is 1. The number of hydrogen-bond donors (Lipinski definition) is 1. The topological polar surface area (TPSA) is 32.3 Å². The number of rotatable bonds is 5. The minimum atomic E-state index is -0.782. The molecule has 0 spiro atoms. The van der Waals surface area contributed by atoms with Crippen LogP contribution >= 0.6 is 0 Å². The number of anilines is 1. The number of amides is 1. The minimum Gasteiger partial charge on any atom is -0.322 e. The van der Waals surface area contributed by atoms with Crippen LogP contribution < -0.4 is 5.32 Å². The van der Waals surface area contributed by atoms with Gasteiger partial charge in [-0.3, -0.25) is 9.69 Å². The minimum absolute atomic E-state index is 0.0179. The van der Waals surface area contributed by atoms with Gasteiger partial charge in [0.05, 0.1) is 12.2 Å². The summed E-state index contributed by atoms with van der Waals surface area (Å²) in [6.45, 7) is 2.74. The lowest BCUT2D eigenvalue weighted by Gasteiger charge is -2.17. The van der Waals surface area contributed by atoms with Crippen molar-refractivity contribution in [3.05, 3.63) is 65.2 Å². The van der Waals surface area contributed by atoms with Crippen LogP contribution in [0.25, 0.3) is 0 Å². The Morgan fingerprint density at radius 2 is 1.91 bits per heavy atom. The van der Waals surface area contributed by atoms with E-state index in [0.29, 0.717) is 6.54 Å². The molecule has 0 atom stereocenters. The van der Waals surface area contributed by atoms with Crippen molar-refractivity contribution in [3.8, 4) is 0 Å². The molecular formula is C17H18F2N2O. The van der Waals surface area contributed by atoms with Crippen molar-refractivity contribution in [1.29, 1.82) is 0 Å². The first-order valence-corrected chi connectivity index (χ1v) is 6.93. The number of likely N-dealkylation sites (N-methyl/N-ethyl adjacent to an activating group) is 1. The van der Waals surface area contributed by atoms with Gasteiger partial charge in [-0.1, -0.05) is 24.3 Å². The molecule has 5 heteroatoms. The molecule has 116 valence electrons. The fraction of sp³-hybridized carbons (Fsp3) is 0.235. The molecule has 0 aliphatic heterocycles. The summed E-state index contributed by atoms with van der Waals surface area (Å²) in [4.78, 5) is 13.8. The Balaban J connectivity index is 1.93. The molecule has 0 heterocycles. The van der Waals surface area contributed by atoms with Crippen molar-refractivity contribution >= 4 is 11.6 Å². The van der Waals surface area contributed by atoms with E-state index in [0.717, 1.165) is 23.3 Å². The van der Waals surface area contributed by atoms with Crippen molar-refractivity contribution in [1.82, 2.24) is 4.90 Å². The predicted molar refractivity (Wildman–Crippen MR) is 82.5 cm³/mol. The number of benzene rings is 2. The second kappa shape index (κ2) is 7.13. The van der Waals surface area contributed by atoms with Crippen molar-refractivity contribution < 1.29 is 13.6 Å². The van der Waals surface area contributed by atoms with Gasteiger partial charge in [0, 0.05) is 12.6 Å². The summed E-state index contributed by atoms with van der Waals surface area (Å²) >= 11 is 0. The lowest BCUT2D eigenvalue weighted by Crippen LogP contribution is -2.30. The molecule has 22 heavy (non-hydrogen) atoms. The molecule has 0 fully saturated rings. The summed E-state index contributed by atoms with van der Waals surface area (Å²) in [7, 11) is 1.81. The predicted octanol–water partition coefficient (Wildman–Crippen LogP) is 3.34. The molecule has 0 saturated heterocycles. The van der Waals surface area contributed by atoms with Crippen LogP contribution in [0.3, 0.4) is 0 Å². The second-order valence-electron chi connectivity index (χ2n) is 5.27. The first-order valence-electron chi connectivity index (χ1n) is 6.93. The zero-order valence-corrected chi connectivity index (χ0v) is 12.6. The number of hydrogen-bond acceptors (Lipinski definition) is 2. The van der Waals surface area contributed by atoms with Gasteiger partial charge in [0.25, 0.3) is 0 Å². The van der Waals surface area contributed by atoms with E-state index in [9.17, 15) is 13.6 Å². The van der Waals surface area contributed by atoms with Crippen molar-refractivity contribution in [2.24, 2.45) is 0 Å². The van der Waals surface area contributed by atoms with Gasteiger partial charge < -0.3 is 5.32 Å². The van der Waals surface area contributed by atoms with E-state index in [-0.39, 0.29) is 18.1 Å². The van der Waals surface area contributed by atoms with Crippen molar-refractivity contribution in [3.63, 3.8) is 0 Å². The van der Waals surface area contributed by atoms with Crippen LogP contribution in [0, 0.1) is 18.6 Å². The van der Waals surface area contributed by atoms with Crippen LogP contribution in [-0.2, 0) is 11.3 Å². The Kier molecular flexibility index (Phi) is 5.22. The molecule has 1 N–H and O–H groups in total. The van der Waals surface area contributed by atoms with Gasteiger partial charge in [0.15, 0.2) is 0 Å². The highest BCUT2D eigenvalue weighted by molar-refractivity contribution is 5.92. The zero-order valence-electron chi connectivity index (χ0n) is 12.6. The number of aryl methyl sites for hydroxylation is 1. The van der Waals surface area contributed by atoms with Gasteiger partial charge in [-0.05, 0) is 37.2 Å². The molecule has 0 unspecified atom stereocenters. The van der Waals surface area contributed by atoms with Gasteiger partial charge >= 0.3 is 0 Å². The monoisotopic (exact) mass is 304 g/mol. The van der Waals surface area contributed by atoms with Gasteiger partial charge in [-0.25, -0.2) is 8.78 Å². The first-order chi connectivity index (χ1) is 10.5. The molecule has 2 aromatic carbocycles. The van der Waals surface area contributed by atoms with Crippen molar-refractivity contribution in [2.75, 3.05) is 18.9 Å². The maximum Gasteiger partial charge on any atom is 0.238 e. The molecule has 3 nitrogen and oxygen atoms in total. The molecule has 0 aromatic heterocycles. The summed E-state index contributed by atoms with van der Waals surface area (Å²) in [5.74, 6) is -1.80. The third-order valence-electron chi connectivity index (χ3n) is 3.32. The third kappa shape index (κ3) is 4.36. The second-order valence-corrected chi connectivity index (χ2v) is 5.27. The summed E-state index contributed by atoms with van der Waals surface area (Å²) in [5, 5.41) is 2.45. The van der Waals surface area contributed by atoms with E-state index in [1.165, 1.54) is 6.07 Å². The molecular weight excluding hydrogens is 286 g/mol. The van der Waals surface area contributed by atoms with Crippen LogP contribution in [-0.4, -0.2) is 24.4 Å². The highest BCUT2D eigenvalue weighted by Gasteiger charge is 2.11. The Bertz CT molecular complexity index is 673. The lowest BCUT2D eigenvalue weighted by atomic mass is 10.1. The normalized spacial score (nSPS) is 10.8. The molecule has 0 bridgehead atoms. The van der Waals surface area contributed by atoms with Crippen LogP contribution in [0.5, 0.6) is 0 Å². The molecule has 0 aliphatic rings. The maximum absolute atomic E-state index is 13.5. The van der Waals surface area contributed by atoms with Crippen molar-refractivity contribution in [2.45, 2.75) is 13.5 Å². The van der Waals surface area contributed by atoms with Gasteiger partial charge in [-0.15, -0.1) is 0 Å². The molecule has 2 aromatic rings. The van der Waals surface area contributed by atoms with E-state index in [2.05, 4.69) is 5.32 Å². The standard InChI is InChI=1S/C17H18F2N2O/c1-12-5-3-4-6-13(12)10-21(2)11-17(22)20-16-8-7-14(18)9-15(16)19/h3-9H,10-11H2,1-2H3,(H,20,22). The van der Waals surface area contributed by atoms with Gasteiger partial charge in [0.1, 0.15) is 11.6 Å². The first kappa shape index (κ1) is 16.1. The van der Waals surface area contributed by atoms with Crippen LogP contribution in [0.4, 0.5) is 14.5 Å². The number of nitrogens with zero attached hydrogens (tertiary/aromatic N) is 1. The van der Waals surface area contributed by atoms with E-state index < -0.39 is 11.6 Å².